The van der Waals surface area contributed by atoms with Crippen LogP contribution in [0.2, 0.25) is 0 Å². The minimum Gasteiger partial charge on any atom is -0.454 e. The van der Waals surface area contributed by atoms with Gasteiger partial charge >= 0.3 is 5.97 Å². The molecule has 0 aliphatic carbocycles. The number of carbonyl (C=O) groups is 4. The van der Waals surface area contributed by atoms with E-state index < -0.39 is 5.97 Å². The summed E-state index contributed by atoms with van der Waals surface area (Å²) >= 11 is 0. The minimum atomic E-state index is -0.686. The van der Waals surface area contributed by atoms with Crippen LogP contribution in [0.4, 0.5) is 5.69 Å². The van der Waals surface area contributed by atoms with Gasteiger partial charge in [0.05, 0.1) is 11.3 Å². The summed E-state index contributed by atoms with van der Waals surface area (Å²) in [5, 5.41) is 0. The molecule has 1 heterocycles. The predicted molar refractivity (Wildman–Crippen MR) is 98.7 cm³/mol. The van der Waals surface area contributed by atoms with E-state index in [1.807, 2.05) is 26.0 Å². The molecule has 1 fully saturated rings. The highest BCUT2D eigenvalue weighted by atomic mass is 16.5. The van der Waals surface area contributed by atoms with Crippen LogP contribution in [-0.4, -0.2) is 30.2 Å². The summed E-state index contributed by atoms with van der Waals surface area (Å²) in [6.07, 6.45) is 0.329. The molecular weight excluding hydrogens is 346 g/mol. The molecule has 0 aromatic heterocycles. The van der Waals surface area contributed by atoms with Crippen molar-refractivity contribution in [2.75, 3.05) is 11.5 Å². The first-order valence-electron chi connectivity index (χ1n) is 8.60. The maximum absolute atomic E-state index is 12.3. The molecule has 2 amide bonds. The number of amides is 2. The van der Waals surface area contributed by atoms with Gasteiger partial charge in [0.2, 0.25) is 17.6 Å². The lowest BCUT2D eigenvalue weighted by atomic mass is 10.0. The summed E-state index contributed by atoms with van der Waals surface area (Å²) in [6.45, 7) is 3.33. The average molecular weight is 365 g/mol. The summed E-state index contributed by atoms with van der Waals surface area (Å²) in [5.41, 5.74) is 2.79. The first kappa shape index (κ1) is 18.5. The van der Waals surface area contributed by atoms with Crippen LogP contribution in [0, 0.1) is 13.8 Å². The quantitative estimate of drug-likeness (QED) is 0.462. The van der Waals surface area contributed by atoms with Crippen LogP contribution < -0.4 is 4.90 Å². The summed E-state index contributed by atoms with van der Waals surface area (Å²) in [7, 11) is 0. The summed E-state index contributed by atoms with van der Waals surface area (Å²) < 4.78 is 5.13. The zero-order valence-corrected chi connectivity index (χ0v) is 15.2. The Kier molecular flexibility index (Phi) is 5.16. The van der Waals surface area contributed by atoms with Gasteiger partial charge in [0.25, 0.3) is 0 Å². The maximum Gasteiger partial charge on any atom is 0.338 e. The highest BCUT2D eigenvalue weighted by molar-refractivity contribution is 6.20. The molecule has 6 nitrogen and oxygen atoms in total. The number of ketones is 1. The first-order chi connectivity index (χ1) is 12.9. The Bertz CT molecular complexity index is 931. The van der Waals surface area contributed by atoms with Crippen molar-refractivity contribution in [1.82, 2.24) is 0 Å². The Labute approximate surface area is 156 Å². The molecular formula is C21H19NO5. The molecule has 1 aliphatic rings. The molecule has 0 bridgehead atoms. The molecule has 0 atom stereocenters. The monoisotopic (exact) mass is 365 g/mol. The van der Waals surface area contributed by atoms with Crippen LogP contribution in [0.15, 0.2) is 42.5 Å². The van der Waals surface area contributed by atoms with Crippen molar-refractivity contribution < 1.29 is 23.9 Å². The van der Waals surface area contributed by atoms with Crippen molar-refractivity contribution in [3.63, 3.8) is 0 Å². The van der Waals surface area contributed by atoms with Gasteiger partial charge in [0.15, 0.2) is 6.61 Å². The lowest BCUT2D eigenvalue weighted by Crippen LogP contribution is -2.28. The standard InChI is InChI=1S/C21H19NO5/c1-13-6-7-14(2)17(10-13)18(23)12-27-21(26)15-4-3-5-16(11-15)22-19(24)8-9-20(22)25/h3-7,10-11H,8-9,12H2,1-2H3. The predicted octanol–water partition coefficient (Wildman–Crippen LogP) is 3.00. The molecule has 3 rings (SSSR count). The van der Waals surface area contributed by atoms with E-state index in [1.165, 1.54) is 12.1 Å². The second-order valence-corrected chi connectivity index (χ2v) is 6.49. The van der Waals surface area contributed by atoms with E-state index >= 15 is 0 Å². The zero-order chi connectivity index (χ0) is 19.6. The molecule has 0 spiro atoms. The van der Waals surface area contributed by atoms with Gasteiger partial charge in [-0.3, -0.25) is 19.3 Å². The molecule has 0 saturated carbocycles. The van der Waals surface area contributed by atoms with E-state index in [2.05, 4.69) is 0 Å². The highest BCUT2D eigenvalue weighted by Crippen LogP contribution is 2.23. The number of carbonyl (C=O) groups excluding carboxylic acids is 4. The van der Waals surface area contributed by atoms with Crippen molar-refractivity contribution in [2.45, 2.75) is 26.7 Å². The van der Waals surface area contributed by atoms with E-state index in [4.69, 9.17) is 4.74 Å². The molecule has 1 saturated heterocycles. The van der Waals surface area contributed by atoms with Crippen molar-refractivity contribution in [3.8, 4) is 0 Å². The van der Waals surface area contributed by atoms with Gasteiger partial charge in [0, 0.05) is 18.4 Å². The van der Waals surface area contributed by atoms with Gasteiger partial charge in [-0.2, -0.15) is 0 Å². The van der Waals surface area contributed by atoms with Gasteiger partial charge < -0.3 is 4.74 Å². The Morgan fingerprint density at radius 1 is 1.00 bits per heavy atom. The van der Waals surface area contributed by atoms with Crippen LogP contribution in [0.5, 0.6) is 0 Å². The highest BCUT2D eigenvalue weighted by Gasteiger charge is 2.30. The number of esters is 1. The number of imide groups is 1. The SMILES string of the molecule is Cc1ccc(C)c(C(=O)COC(=O)c2cccc(N3C(=O)CCC3=O)c2)c1. The van der Waals surface area contributed by atoms with Crippen molar-refractivity contribution in [3.05, 3.63) is 64.7 Å². The fourth-order valence-electron chi connectivity index (χ4n) is 2.96. The van der Waals surface area contributed by atoms with Gasteiger partial charge in [-0.05, 0) is 43.7 Å². The number of anilines is 1. The number of Topliss-reactive ketones (excluding diaryl/α,β-unsaturated/α-hetero) is 1. The Balaban J connectivity index is 1.71. The third-order valence-electron chi connectivity index (χ3n) is 4.42. The van der Waals surface area contributed by atoms with E-state index in [0.717, 1.165) is 16.0 Å². The van der Waals surface area contributed by atoms with Crippen molar-refractivity contribution in [2.24, 2.45) is 0 Å². The molecule has 0 radical (unpaired) electrons. The Morgan fingerprint density at radius 2 is 1.70 bits per heavy atom. The second kappa shape index (κ2) is 7.53. The van der Waals surface area contributed by atoms with Crippen LogP contribution in [-0.2, 0) is 14.3 Å². The Morgan fingerprint density at radius 3 is 2.41 bits per heavy atom. The van der Waals surface area contributed by atoms with Gasteiger partial charge in [-0.15, -0.1) is 0 Å². The smallest absolute Gasteiger partial charge is 0.338 e. The molecule has 138 valence electrons. The molecule has 0 unspecified atom stereocenters. The number of nitrogens with zero attached hydrogens (tertiary/aromatic N) is 1. The van der Waals surface area contributed by atoms with Crippen LogP contribution in [0.3, 0.4) is 0 Å². The maximum atomic E-state index is 12.3. The topological polar surface area (TPSA) is 80.8 Å². The normalized spacial score (nSPS) is 13.8. The van der Waals surface area contributed by atoms with Gasteiger partial charge in [-0.25, -0.2) is 4.79 Å². The fourth-order valence-corrected chi connectivity index (χ4v) is 2.96. The summed E-state index contributed by atoms with van der Waals surface area (Å²) in [6, 6.07) is 11.6. The Hall–Kier alpha value is -3.28. The third kappa shape index (κ3) is 3.95. The van der Waals surface area contributed by atoms with E-state index in [1.54, 1.807) is 18.2 Å². The minimum absolute atomic E-state index is 0.165. The van der Waals surface area contributed by atoms with Gasteiger partial charge in [0.1, 0.15) is 0 Å². The fraction of sp³-hybridized carbons (Fsp3) is 0.238. The number of benzene rings is 2. The summed E-state index contributed by atoms with van der Waals surface area (Å²) in [4.78, 5) is 49.4. The third-order valence-corrected chi connectivity index (χ3v) is 4.42. The lowest BCUT2D eigenvalue weighted by molar-refractivity contribution is -0.121. The van der Waals surface area contributed by atoms with Crippen molar-refractivity contribution in [1.29, 1.82) is 0 Å². The first-order valence-corrected chi connectivity index (χ1v) is 8.60. The molecule has 2 aromatic carbocycles. The van der Waals surface area contributed by atoms with E-state index in [9.17, 15) is 19.2 Å². The van der Waals surface area contributed by atoms with Crippen LogP contribution >= 0.6 is 0 Å². The number of ether oxygens (including phenoxy) is 1. The average Bonchev–Trinajstić information content (AvgIpc) is 2.99. The van der Waals surface area contributed by atoms with E-state index in [0.29, 0.717) is 11.3 Å². The number of rotatable bonds is 5. The largest absolute Gasteiger partial charge is 0.454 e. The number of aryl methyl sites for hydroxylation is 2. The molecule has 6 heteroatoms. The molecule has 0 N–H and O–H groups in total. The number of hydrogen-bond acceptors (Lipinski definition) is 5. The lowest BCUT2D eigenvalue weighted by Gasteiger charge is -2.14. The number of hydrogen-bond donors (Lipinski definition) is 0. The molecule has 27 heavy (non-hydrogen) atoms. The molecule has 2 aromatic rings. The molecule has 1 aliphatic heterocycles. The van der Waals surface area contributed by atoms with Gasteiger partial charge in [-0.1, -0.05) is 23.8 Å². The second-order valence-electron chi connectivity index (χ2n) is 6.49. The van der Waals surface area contributed by atoms with Crippen molar-refractivity contribution >= 4 is 29.3 Å². The zero-order valence-electron chi connectivity index (χ0n) is 15.2. The van der Waals surface area contributed by atoms with E-state index in [-0.39, 0.29) is 42.6 Å². The van der Waals surface area contributed by atoms with Crippen LogP contribution in [0.1, 0.15) is 44.7 Å². The summed E-state index contributed by atoms with van der Waals surface area (Å²) in [5.74, 6) is -1.56. The van der Waals surface area contributed by atoms with Crippen LogP contribution in [0.25, 0.3) is 0 Å².